The number of aryl methyl sites for hydroxylation is 1. The zero-order valence-electron chi connectivity index (χ0n) is 21.6. The van der Waals surface area contributed by atoms with Crippen molar-refractivity contribution < 1.29 is 23.0 Å². The largest absolute Gasteiger partial charge is 0.493 e. The van der Waals surface area contributed by atoms with Gasteiger partial charge in [-0.2, -0.15) is 5.10 Å². The number of anilines is 2. The minimum atomic E-state index is -0.729. The van der Waals surface area contributed by atoms with Crippen LogP contribution in [0.5, 0.6) is 11.5 Å². The predicted molar refractivity (Wildman–Crippen MR) is 142 cm³/mol. The van der Waals surface area contributed by atoms with E-state index < -0.39 is 11.6 Å². The van der Waals surface area contributed by atoms with Gasteiger partial charge in [0.2, 0.25) is 0 Å². The molecule has 9 nitrogen and oxygen atoms in total. The van der Waals surface area contributed by atoms with Gasteiger partial charge in [-0.15, -0.1) is 0 Å². The Kier molecular flexibility index (Phi) is 7.60. The molecular weight excluding hydrogens is 506 g/mol. The zero-order chi connectivity index (χ0) is 27.4. The highest BCUT2D eigenvalue weighted by atomic mass is 19.1. The van der Waals surface area contributed by atoms with Crippen molar-refractivity contribution in [3.05, 3.63) is 83.8 Å². The number of methoxy groups -OCH3 is 2. The summed E-state index contributed by atoms with van der Waals surface area (Å²) in [5, 5.41) is 8.69. The lowest BCUT2D eigenvalue weighted by atomic mass is 10.1. The molecular formula is C28H26F2N6O3. The average Bonchev–Trinajstić information content (AvgIpc) is 3.31. The normalized spacial score (nSPS) is 11.1. The van der Waals surface area contributed by atoms with Crippen LogP contribution < -0.4 is 14.8 Å². The third-order valence-corrected chi connectivity index (χ3v) is 6.08. The number of fused-ring (bicyclic) bond motifs is 1. The molecule has 0 aliphatic heterocycles. The summed E-state index contributed by atoms with van der Waals surface area (Å²) >= 11 is 0. The lowest BCUT2D eigenvalue weighted by Gasteiger charge is -2.12. The SMILES string of the molecule is COCCOc1cc(F)c(Cn2nc(-c3ncc(C)c(Nc4ccncc4OC)n3)c3ccccc32)c(F)c1. The molecule has 39 heavy (non-hydrogen) atoms. The van der Waals surface area contributed by atoms with Crippen LogP contribution in [-0.2, 0) is 11.3 Å². The maximum Gasteiger partial charge on any atom is 0.182 e. The van der Waals surface area contributed by atoms with Gasteiger partial charge in [-0.25, -0.2) is 18.7 Å². The van der Waals surface area contributed by atoms with Crippen LogP contribution in [0, 0.1) is 18.6 Å². The van der Waals surface area contributed by atoms with E-state index in [9.17, 15) is 8.78 Å². The predicted octanol–water partition coefficient (Wildman–Crippen LogP) is 5.30. The Morgan fingerprint density at radius 3 is 2.56 bits per heavy atom. The number of halogens is 2. The standard InChI is InChI=1S/C28H26F2N6O3/c1-17-14-32-28(34-27(17)33-23-8-9-31-15-25(23)38-3)26-19-6-4-5-7-24(19)36(35-26)16-20-21(29)12-18(13-22(20)30)39-11-10-37-2/h4-9,12-15H,10-11,16H2,1-3H3,(H,31,32,33,34). The first kappa shape index (κ1) is 26.0. The summed E-state index contributed by atoms with van der Waals surface area (Å²) in [5.41, 5.74) is 2.53. The summed E-state index contributed by atoms with van der Waals surface area (Å²) in [6.45, 7) is 2.23. The number of aromatic nitrogens is 5. The van der Waals surface area contributed by atoms with E-state index in [0.29, 0.717) is 40.9 Å². The third-order valence-electron chi connectivity index (χ3n) is 6.08. The van der Waals surface area contributed by atoms with Gasteiger partial charge in [0, 0.05) is 48.1 Å². The first-order chi connectivity index (χ1) is 19.0. The number of rotatable bonds is 10. The minimum Gasteiger partial charge on any atom is -0.493 e. The van der Waals surface area contributed by atoms with E-state index in [-0.39, 0.29) is 24.5 Å². The van der Waals surface area contributed by atoms with Crippen molar-refractivity contribution in [2.75, 3.05) is 32.8 Å². The number of ether oxygens (including phenoxy) is 3. The Balaban J connectivity index is 1.50. The Morgan fingerprint density at radius 1 is 1.00 bits per heavy atom. The summed E-state index contributed by atoms with van der Waals surface area (Å²) < 4.78 is 47.1. The number of benzene rings is 2. The molecule has 1 N–H and O–H groups in total. The molecule has 0 atom stereocenters. The quantitative estimate of drug-likeness (QED) is 0.242. The van der Waals surface area contributed by atoms with E-state index in [4.69, 9.17) is 19.2 Å². The highest BCUT2D eigenvalue weighted by Gasteiger charge is 2.19. The smallest absolute Gasteiger partial charge is 0.182 e. The number of hydrogen-bond donors (Lipinski definition) is 1. The molecule has 11 heteroatoms. The van der Waals surface area contributed by atoms with Crippen LogP contribution in [0.15, 0.2) is 61.1 Å². The van der Waals surface area contributed by atoms with Gasteiger partial charge in [0.05, 0.1) is 37.7 Å². The third kappa shape index (κ3) is 5.48. The fourth-order valence-corrected chi connectivity index (χ4v) is 4.08. The molecule has 0 aliphatic rings. The summed E-state index contributed by atoms with van der Waals surface area (Å²) in [6, 6.07) is 11.5. The molecule has 0 radical (unpaired) electrons. The highest BCUT2D eigenvalue weighted by molar-refractivity contribution is 5.92. The van der Waals surface area contributed by atoms with Gasteiger partial charge in [0.1, 0.15) is 35.5 Å². The van der Waals surface area contributed by atoms with Crippen LogP contribution in [0.4, 0.5) is 20.3 Å². The van der Waals surface area contributed by atoms with Gasteiger partial charge >= 0.3 is 0 Å². The molecule has 5 rings (SSSR count). The van der Waals surface area contributed by atoms with Gasteiger partial charge < -0.3 is 19.5 Å². The van der Waals surface area contributed by atoms with E-state index in [2.05, 4.69) is 20.4 Å². The van der Waals surface area contributed by atoms with Crippen molar-refractivity contribution in [3.8, 4) is 23.0 Å². The van der Waals surface area contributed by atoms with E-state index >= 15 is 0 Å². The molecule has 0 bridgehead atoms. The van der Waals surface area contributed by atoms with Crippen molar-refractivity contribution in [2.45, 2.75) is 13.5 Å². The van der Waals surface area contributed by atoms with E-state index in [1.165, 1.54) is 7.11 Å². The fourth-order valence-electron chi connectivity index (χ4n) is 4.08. The first-order valence-electron chi connectivity index (χ1n) is 12.1. The zero-order valence-corrected chi connectivity index (χ0v) is 21.6. The van der Waals surface area contributed by atoms with Crippen molar-refractivity contribution in [1.82, 2.24) is 24.7 Å². The monoisotopic (exact) mass is 532 g/mol. The second kappa shape index (κ2) is 11.4. The van der Waals surface area contributed by atoms with E-state index in [0.717, 1.165) is 23.1 Å². The molecule has 0 amide bonds. The molecule has 0 fully saturated rings. The Hall–Kier alpha value is -4.64. The topological polar surface area (TPSA) is 96.2 Å². The maximum atomic E-state index is 15.0. The van der Waals surface area contributed by atoms with Crippen molar-refractivity contribution in [1.29, 1.82) is 0 Å². The van der Waals surface area contributed by atoms with E-state index in [1.54, 1.807) is 36.4 Å². The highest BCUT2D eigenvalue weighted by Crippen LogP contribution is 2.31. The minimum absolute atomic E-state index is 0.0933. The van der Waals surface area contributed by atoms with Crippen molar-refractivity contribution in [2.24, 2.45) is 0 Å². The fraction of sp³-hybridized carbons (Fsp3) is 0.214. The molecule has 0 aliphatic carbocycles. The Labute approximate surface area is 223 Å². The number of nitrogens with one attached hydrogen (secondary N) is 1. The lowest BCUT2D eigenvalue weighted by molar-refractivity contribution is 0.146. The van der Waals surface area contributed by atoms with Crippen LogP contribution in [-0.4, -0.2) is 52.2 Å². The number of nitrogens with zero attached hydrogens (tertiary/aromatic N) is 5. The van der Waals surface area contributed by atoms with Crippen molar-refractivity contribution >= 4 is 22.4 Å². The van der Waals surface area contributed by atoms with Crippen LogP contribution in [0.2, 0.25) is 0 Å². The van der Waals surface area contributed by atoms with Gasteiger partial charge in [0.25, 0.3) is 0 Å². The number of para-hydroxylation sites is 1. The molecule has 3 heterocycles. The van der Waals surface area contributed by atoms with E-state index in [1.807, 2.05) is 31.2 Å². The Morgan fingerprint density at radius 2 is 1.79 bits per heavy atom. The Bertz CT molecular complexity index is 1600. The summed E-state index contributed by atoms with van der Waals surface area (Å²) in [4.78, 5) is 13.3. The molecule has 0 saturated heterocycles. The van der Waals surface area contributed by atoms with Crippen LogP contribution >= 0.6 is 0 Å². The summed E-state index contributed by atoms with van der Waals surface area (Å²) in [5.74, 6) is 0.112. The summed E-state index contributed by atoms with van der Waals surface area (Å²) in [6.07, 6.45) is 4.94. The maximum absolute atomic E-state index is 15.0. The molecule has 3 aromatic heterocycles. The van der Waals surface area contributed by atoms with Crippen LogP contribution in [0.25, 0.3) is 22.4 Å². The molecule has 0 spiro atoms. The average molecular weight is 533 g/mol. The molecule has 0 unspecified atom stereocenters. The van der Waals surface area contributed by atoms with Gasteiger partial charge in [-0.3, -0.25) is 9.67 Å². The van der Waals surface area contributed by atoms with Gasteiger partial charge in [0.15, 0.2) is 11.6 Å². The first-order valence-corrected chi connectivity index (χ1v) is 12.1. The number of pyridine rings is 1. The van der Waals surface area contributed by atoms with Crippen LogP contribution in [0.1, 0.15) is 11.1 Å². The second-order valence-corrected chi connectivity index (χ2v) is 8.66. The number of hydrogen-bond acceptors (Lipinski definition) is 8. The van der Waals surface area contributed by atoms with Crippen molar-refractivity contribution in [3.63, 3.8) is 0 Å². The lowest BCUT2D eigenvalue weighted by Crippen LogP contribution is -2.09. The molecule has 200 valence electrons. The van der Waals surface area contributed by atoms with Crippen LogP contribution in [0.3, 0.4) is 0 Å². The second-order valence-electron chi connectivity index (χ2n) is 8.66. The molecule has 0 saturated carbocycles. The molecule has 2 aromatic carbocycles. The van der Waals surface area contributed by atoms with Gasteiger partial charge in [-0.1, -0.05) is 18.2 Å². The molecule has 5 aromatic rings. The van der Waals surface area contributed by atoms with Gasteiger partial charge in [-0.05, 0) is 19.1 Å². The summed E-state index contributed by atoms with van der Waals surface area (Å²) in [7, 11) is 3.08.